The lowest BCUT2D eigenvalue weighted by molar-refractivity contribution is -0.432. The number of rotatable bonds is 29. The molecule has 0 spiro atoms. The number of alkyl halides is 12. The van der Waals surface area contributed by atoms with E-state index in [1.165, 1.54) is 79.7 Å². The molecule has 10 aromatic rings. The van der Waals surface area contributed by atoms with Gasteiger partial charge in [-0.05, 0) is 166 Å². The molecule has 4 N–H and O–H groups in total. The van der Waals surface area contributed by atoms with Crippen LogP contribution in [0.5, 0.6) is 34.5 Å². The fourth-order valence-corrected chi connectivity index (χ4v) is 14.9. The number of anilines is 1. The summed E-state index contributed by atoms with van der Waals surface area (Å²) >= 11 is 0.632. The Bertz CT molecular complexity index is 5810. The Hall–Kier alpha value is -11.6. The van der Waals surface area contributed by atoms with Crippen molar-refractivity contribution in [2.45, 2.75) is 102 Å². The SMILES string of the molecule is Cc1ccc(C(c2ccc(N3C(=O)c4ccc(C(c5ccc6c(c5)C(=O)N(C)C6=O)(C(F)(F)F)C(F)(F)F)cc4C3=O)cc2OCc2cc(OCc3ccc(S(=O)(=O)O)cc3)cc(OCc3ccc(S(=O)(=O)O)cc3)c2)(C(F)(F)F)C(F)(F)F)c(OCc2cc(OCc3ccc(SOOO)cc3)cc(OCc3ccc(S(=O)(=O)O)cc3)c2)c1. The summed E-state index contributed by atoms with van der Waals surface area (Å²) in [6.07, 6.45) is -26.2. The van der Waals surface area contributed by atoms with Gasteiger partial charge in [-0.3, -0.25) is 37.7 Å². The van der Waals surface area contributed by atoms with Gasteiger partial charge in [0.2, 0.25) is 10.8 Å². The van der Waals surface area contributed by atoms with Gasteiger partial charge >= 0.3 is 24.7 Å². The second kappa shape index (κ2) is 32.7. The van der Waals surface area contributed by atoms with Crippen LogP contribution in [0.2, 0.25) is 0 Å². The number of halogens is 12. The predicted octanol–water partition coefficient (Wildman–Crippen LogP) is 16.5. The van der Waals surface area contributed by atoms with Crippen LogP contribution in [0.4, 0.5) is 58.4 Å². The largest absolute Gasteiger partial charge is 0.489 e. The summed E-state index contributed by atoms with van der Waals surface area (Å²) in [5.74, 6) is -9.04. The molecule has 0 atom stereocenters. The first-order valence-electron chi connectivity index (χ1n) is 33.8. The molecular formula is C78H56F12N2O22S4. The molecule has 0 saturated carbocycles. The molecule has 0 unspecified atom stereocenters. The zero-order valence-electron chi connectivity index (χ0n) is 60.1. The first kappa shape index (κ1) is 85.8. The van der Waals surface area contributed by atoms with E-state index in [2.05, 4.69) is 9.37 Å². The van der Waals surface area contributed by atoms with E-state index >= 15 is 52.7 Å². The fraction of sp³-hybridized carbons (Fsp3) is 0.179. The molecule has 0 aromatic heterocycles. The Balaban J connectivity index is 0.978. The summed E-state index contributed by atoms with van der Waals surface area (Å²) in [7, 11) is -13.2. The van der Waals surface area contributed by atoms with Crippen molar-refractivity contribution in [3.05, 3.63) is 290 Å². The first-order chi connectivity index (χ1) is 55.3. The van der Waals surface area contributed by atoms with Crippen LogP contribution < -0.4 is 33.3 Å². The fourth-order valence-electron chi connectivity index (χ4n) is 13.1. The molecule has 2 aliphatic rings. The molecule has 0 radical (unpaired) electrons. The summed E-state index contributed by atoms with van der Waals surface area (Å²) in [5.41, 5.74) is -21.5. The number of carbonyl (C=O) groups excluding carboxylic acids is 4. The number of amides is 4. The lowest BCUT2D eigenvalue weighted by Crippen LogP contribution is -2.55. The van der Waals surface area contributed by atoms with E-state index < -0.39 is 192 Å². The van der Waals surface area contributed by atoms with Gasteiger partial charge in [-0.1, -0.05) is 83.9 Å². The maximum atomic E-state index is 17.1. The van der Waals surface area contributed by atoms with Crippen LogP contribution in [0.15, 0.2) is 226 Å². The molecule has 40 heteroatoms. The molecular weight excluding hydrogens is 1670 g/mol. The van der Waals surface area contributed by atoms with Gasteiger partial charge < -0.3 is 28.4 Å². The Morgan fingerprint density at radius 2 is 0.686 bits per heavy atom. The third kappa shape index (κ3) is 17.5. The quantitative estimate of drug-likeness (QED) is 0.00845. The molecule has 24 nitrogen and oxygen atoms in total. The van der Waals surface area contributed by atoms with Crippen LogP contribution in [0.3, 0.4) is 0 Å². The van der Waals surface area contributed by atoms with Gasteiger partial charge in [-0.15, -0.1) is 4.33 Å². The lowest BCUT2D eigenvalue weighted by atomic mass is 9.71. The maximum Gasteiger partial charge on any atom is 0.411 e. The molecule has 118 heavy (non-hydrogen) atoms. The summed E-state index contributed by atoms with van der Waals surface area (Å²) in [6, 6.07) is 31.5. The van der Waals surface area contributed by atoms with Crippen molar-refractivity contribution in [2.75, 3.05) is 11.9 Å². The van der Waals surface area contributed by atoms with Gasteiger partial charge in [-0.2, -0.15) is 77.9 Å². The van der Waals surface area contributed by atoms with E-state index in [0.29, 0.717) is 63.3 Å². The van der Waals surface area contributed by atoms with Crippen molar-refractivity contribution < 1.29 is 154 Å². The van der Waals surface area contributed by atoms with E-state index in [0.717, 1.165) is 67.7 Å². The van der Waals surface area contributed by atoms with E-state index in [4.69, 9.17) is 33.7 Å². The number of fused-ring (bicyclic) bond motifs is 2. The van der Waals surface area contributed by atoms with Crippen LogP contribution in [0, 0.1) is 6.92 Å². The third-order valence-corrected chi connectivity index (χ3v) is 21.9. The molecule has 2 aliphatic heterocycles. The number of ether oxygens (including phenoxy) is 6. The summed E-state index contributed by atoms with van der Waals surface area (Å²) in [5, 5.41) is 12.2. The minimum Gasteiger partial charge on any atom is -0.489 e. The molecule has 0 bridgehead atoms. The van der Waals surface area contributed by atoms with E-state index in [1.54, 1.807) is 12.1 Å². The number of hydrogen-bond donors (Lipinski definition) is 4. The van der Waals surface area contributed by atoms with Crippen molar-refractivity contribution in [2.24, 2.45) is 0 Å². The zero-order valence-corrected chi connectivity index (χ0v) is 63.3. The first-order valence-corrected chi connectivity index (χ1v) is 38.9. The average molecular weight is 1730 g/mol. The Kier molecular flexibility index (Phi) is 23.8. The van der Waals surface area contributed by atoms with Crippen molar-refractivity contribution in [3.8, 4) is 34.5 Å². The minimum atomic E-state index is -6.62. The van der Waals surface area contributed by atoms with Crippen LogP contribution in [-0.2, 0) is 90.2 Å². The Morgan fingerprint density at radius 1 is 0.356 bits per heavy atom. The molecule has 10 aromatic carbocycles. The maximum absolute atomic E-state index is 17.1. The van der Waals surface area contributed by atoms with Crippen molar-refractivity contribution in [1.82, 2.24) is 4.90 Å². The number of hydrogen-bond acceptors (Lipinski definition) is 20. The lowest BCUT2D eigenvalue weighted by Gasteiger charge is -2.40. The van der Waals surface area contributed by atoms with Gasteiger partial charge in [0.25, 0.3) is 54.0 Å². The highest BCUT2D eigenvalue weighted by atomic mass is 32.2. The van der Waals surface area contributed by atoms with Crippen LogP contribution in [-0.4, -0.2) is 104 Å². The second-order valence-corrected chi connectivity index (χ2v) is 31.4. The highest BCUT2D eigenvalue weighted by Gasteiger charge is 2.75. The van der Waals surface area contributed by atoms with Crippen LogP contribution in [0.25, 0.3) is 0 Å². The van der Waals surface area contributed by atoms with Gasteiger partial charge in [0, 0.05) is 41.3 Å². The topological polar surface area (TPSA) is 332 Å². The van der Waals surface area contributed by atoms with E-state index in [-0.39, 0.29) is 99.3 Å². The zero-order chi connectivity index (χ0) is 85.6. The number of benzene rings is 10. The number of carbonyl (C=O) groups is 4. The monoisotopic (exact) mass is 1730 g/mol. The van der Waals surface area contributed by atoms with Crippen molar-refractivity contribution >= 4 is 71.7 Å². The van der Waals surface area contributed by atoms with Crippen LogP contribution in [0.1, 0.15) is 103 Å². The molecule has 0 aliphatic carbocycles. The predicted molar refractivity (Wildman–Crippen MR) is 389 cm³/mol. The standard InChI is InChI=1S/C78H56F12N2O22S4/c1-43-3-25-65(67(27-43)111-41-48-28-53(107-37-44-4-15-57(16-5-44)115-114-113-97)35-54(29-48)108-38-45-6-17-58(18-7-45)116(98,99)100)74(77(85,86)87,78(88,89)90)66-26-14-52(92-71(95)62-24-13-51(33-64(62)72(92)96)73(75(79,80)81,76(82,83)84)50-12-23-61-63(32-50)70(94)91(2)69(61)93)34-68(66)112-42-49-30-55(109-39-46-8-19-59(20-9-46)117(101,102)103)36-56(31-49)110-40-47-10-21-60(22-11-47)118(104,105)106/h3-36,97H,37-42H2,1-2H3,(H,98,99,100)(H,101,102,103)(H,104,105,106). The minimum absolute atomic E-state index is 0.00844. The van der Waals surface area contributed by atoms with E-state index in [9.17, 15) is 58.1 Å². The van der Waals surface area contributed by atoms with E-state index in [1.807, 2.05) is 0 Å². The number of nitrogens with zero attached hydrogens (tertiary/aromatic N) is 2. The molecule has 2 heterocycles. The summed E-state index contributed by atoms with van der Waals surface area (Å²) in [6.45, 7) is -2.29. The Morgan fingerprint density at radius 3 is 1.06 bits per heavy atom. The average Bonchev–Trinajstić information content (AvgIpc) is 0.903. The van der Waals surface area contributed by atoms with Gasteiger partial charge in [0.05, 0.1) is 54.7 Å². The van der Waals surface area contributed by atoms with Gasteiger partial charge in [0.15, 0.2) is 0 Å². The molecule has 0 saturated heterocycles. The molecule has 12 rings (SSSR count). The van der Waals surface area contributed by atoms with Crippen LogP contribution >= 0.6 is 12.0 Å². The third-order valence-electron chi connectivity index (χ3n) is 18.7. The smallest absolute Gasteiger partial charge is 0.411 e. The van der Waals surface area contributed by atoms with Crippen molar-refractivity contribution in [1.29, 1.82) is 0 Å². The summed E-state index contributed by atoms with van der Waals surface area (Å²) in [4.78, 5) is 54.8. The number of imide groups is 2. The van der Waals surface area contributed by atoms with Crippen molar-refractivity contribution in [3.63, 3.8) is 0 Å². The second-order valence-electron chi connectivity index (χ2n) is 26.4. The van der Waals surface area contributed by atoms with Gasteiger partial charge in [-0.25, -0.2) is 10.2 Å². The highest BCUT2D eigenvalue weighted by molar-refractivity contribution is 7.94. The summed E-state index contributed by atoms with van der Waals surface area (Å²) < 4.78 is 338. The highest BCUT2D eigenvalue weighted by Crippen LogP contribution is 2.62. The Labute approximate surface area is 664 Å². The molecule has 4 amide bonds. The molecule has 0 fully saturated rings. The van der Waals surface area contributed by atoms with Gasteiger partial charge in [0.1, 0.15) is 74.1 Å². The number of aryl methyl sites for hydroxylation is 1. The molecule has 618 valence electrons. The normalized spacial score (nSPS) is 13.7.